The first kappa shape index (κ1) is 29.4. The quantitative estimate of drug-likeness (QED) is 0.307. The van der Waals surface area contributed by atoms with Crippen LogP contribution in [0.3, 0.4) is 0 Å². The molecule has 2 aromatic carbocycles. The minimum atomic E-state index is -4.26. The third-order valence-electron chi connectivity index (χ3n) is 6.40. The summed E-state index contributed by atoms with van der Waals surface area (Å²) in [6.07, 6.45) is -4.31. The summed E-state index contributed by atoms with van der Waals surface area (Å²) in [7, 11) is 1.76. The number of nitrogens with zero attached hydrogens (tertiary/aromatic N) is 3. The van der Waals surface area contributed by atoms with Crippen LogP contribution in [0, 0.1) is 5.92 Å². The van der Waals surface area contributed by atoms with Gasteiger partial charge in [-0.3, -0.25) is 0 Å². The van der Waals surface area contributed by atoms with Gasteiger partial charge < -0.3 is 24.8 Å². The normalized spacial score (nSPS) is 16.5. The number of fused-ring (bicyclic) bond motifs is 1. The molecule has 2 N–H and O–H groups in total. The van der Waals surface area contributed by atoms with Crippen LogP contribution in [0.1, 0.15) is 39.2 Å². The number of hydrogen-bond donors (Lipinski definition) is 2. The Morgan fingerprint density at radius 1 is 1.15 bits per heavy atom. The van der Waals surface area contributed by atoms with Gasteiger partial charge in [0.1, 0.15) is 5.60 Å². The first-order valence-electron chi connectivity index (χ1n) is 12.3. The van der Waals surface area contributed by atoms with E-state index in [1.54, 1.807) is 61.6 Å². The number of alkyl carbamates (subject to hydrolysis) is 1. The lowest BCUT2D eigenvalue weighted by Crippen LogP contribution is -2.41. The molecule has 0 radical (unpaired) electrons. The van der Waals surface area contributed by atoms with Gasteiger partial charge in [-0.15, -0.1) is 0 Å². The number of halogens is 6. The van der Waals surface area contributed by atoms with Gasteiger partial charge >= 0.3 is 12.3 Å². The number of amides is 1. The summed E-state index contributed by atoms with van der Waals surface area (Å²) >= 11 is 19.6. The summed E-state index contributed by atoms with van der Waals surface area (Å²) in [6.45, 7) is 5.74. The van der Waals surface area contributed by atoms with Crippen LogP contribution in [-0.2, 0) is 18.3 Å². The van der Waals surface area contributed by atoms with E-state index in [4.69, 9.17) is 39.5 Å². The summed E-state index contributed by atoms with van der Waals surface area (Å²) in [5.74, 6) is -1.01. The van der Waals surface area contributed by atoms with E-state index in [9.17, 15) is 18.0 Å². The minimum absolute atomic E-state index is 0.105. The van der Waals surface area contributed by atoms with Crippen molar-refractivity contribution in [1.29, 1.82) is 0 Å². The van der Waals surface area contributed by atoms with Crippen molar-refractivity contribution in [3.8, 4) is 0 Å². The van der Waals surface area contributed by atoms with E-state index >= 15 is 0 Å². The van der Waals surface area contributed by atoms with Crippen LogP contribution >= 0.6 is 34.8 Å². The number of rotatable bonds is 5. The monoisotopic (exact) mass is 605 g/mol. The summed E-state index contributed by atoms with van der Waals surface area (Å²) in [5.41, 5.74) is 2.09. The number of piperidine rings is 1. The van der Waals surface area contributed by atoms with E-state index in [1.165, 1.54) is 0 Å². The molecule has 1 amide bonds. The van der Waals surface area contributed by atoms with Crippen molar-refractivity contribution in [2.45, 2.75) is 51.9 Å². The summed E-state index contributed by atoms with van der Waals surface area (Å²) in [6, 6.07) is 6.73. The molecule has 0 bridgehead atoms. The van der Waals surface area contributed by atoms with Crippen LogP contribution in [0.15, 0.2) is 24.3 Å². The van der Waals surface area contributed by atoms with E-state index in [-0.39, 0.29) is 24.5 Å². The van der Waals surface area contributed by atoms with E-state index < -0.39 is 23.8 Å². The first-order chi connectivity index (χ1) is 18.1. The van der Waals surface area contributed by atoms with E-state index in [0.29, 0.717) is 56.9 Å². The van der Waals surface area contributed by atoms with Crippen LogP contribution in [0.25, 0.3) is 11.0 Å². The number of anilines is 3. The summed E-state index contributed by atoms with van der Waals surface area (Å²) < 4.78 is 47.1. The molecule has 0 aliphatic carbocycles. The van der Waals surface area contributed by atoms with Crippen molar-refractivity contribution >= 4 is 69.3 Å². The Morgan fingerprint density at radius 3 is 2.54 bits per heavy atom. The molecular formula is C26H29Cl3F3N5O2. The van der Waals surface area contributed by atoms with Crippen molar-refractivity contribution in [3.05, 3.63) is 44.9 Å². The zero-order valence-corrected chi connectivity index (χ0v) is 24.1. The Labute approximate surface area is 239 Å². The highest BCUT2D eigenvalue weighted by Gasteiger charge is 2.42. The number of alkyl halides is 3. The molecule has 2 heterocycles. The maximum Gasteiger partial charge on any atom is 0.407 e. The van der Waals surface area contributed by atoms with Crippen LogP contribution in [0.4, 0.5) is 35.3 Å². The smallest absolute Gasteiger partial charge is 0.407 e. The lowest BCUT2D eigenvalue weighted by atomic mass is 9.97. The van der Waals surface area contributed by atoms with Gasteiger partial charge in [0, 0.05) is 26.7 Å². The van der Waals surface area contributed by atoms with Crippen LogP contribution in [0.5, 0.6) is 0 Å². The zero-order chi connectivity index (χ0) is 28.7. The highest BCUT2D eigenvalue weighted by atomic mass is 35.5. The Kier molecular flexibility index (Phi) is 8.40. The van der Waals surface area contributed by atoms with E-state index in [0.717, 1.165) is 0 Å². The number of carbonyl (C=O) groups excluding carboxylic acids is 1. The van der Waals surface area contributed by atoms with Gasteiger partial charge in [-0.2, -0.15) is 13.2 Å². The van der Waals surface area contributed by atoms with E-state index in [1.807, 2.05) is 0 Å². The molecule has 0 saturated carbocycles. The van der Waals surface area contributed by atoms with E-state index in [2.05, 4.69) is 15.6 Å². The number of imidazole rings is 1. The lowest BCUT2D eigenvalue weighted by Gasteiger charge is -2.35. The molecule has 212 valence electrons. The second-order valence-electron chi connectivity index (χ2n) is 10.5. The Morgan fingerprint density at radius 2 is 1.87 bits per heavy atom. The Bertz CT molecular complexity index is 1390. The number of aromatic nitrogens is 2. The minimum Gasteiger partial charge on any atom is -0.444 e. The van der Waals surface area contributed by atoms with Crippen molar-refractivity contribution in [2.24, 2.45) is 13.0 Å². The highest BCUT2D eigenvalue weighted by molar-refractivity contribution is 6.39. The van der Waals surface area contributed by atoms with Crippen molar-refractivity contribution in [3.63, 3.8) is 0 Å². The van der Waals surface area contributed by atoms with Crippen molar-refractivity contribution in [2.75, 3.05) is 23.3 Å². The molecule has 1 unspecified atom stereocenters. The molecule has 39 heavy (non-hydrogen) atoms. The van der Waals surface area contributed by atoms with Gasteiger partial charge in [-0.1, -0.05) is 40.9 Å². The maximum atomic E-state index is 13.4. The topological polar surface area (TPSA) is 71.4 Å². The fourth-order valence-electron chi connectivity index (χ4n) is 4.46. The van der Waals surface area contributed by atoms with Gasteiger partial charge in [-0.05, 0) is 57.4 Å². The molecule has 1 aliphatic heterocycles. The average molecular weight is 607 g/mol. The number of carbonyl (C=O) groups is 1. The largest absolute Gasteiger partial charge is 0.444 e. The number of ether oxygens (including phenoxy) is 1. The predicted molar refractivity (Wildman–Crippen MR) is 150 cm³/mol. The zero-order valence-electron chi connectivity index (χ0n) is 21.8. The predicted octanol–water partition coefficient (Wildman–Crippen LogP) is 8.08. The Balaban J connectivity index is 1.59. The molecule has 4 rings (SSSR count). The summed E-state index contributed by atoms with van der Waals surface area (Å²) in [5, 5.41) is 6.76. The van der Waals surface area contributed by atoms with Gasteiger partial charge in [0.25, 0.3) is 0 Å². The third kappa shape index (κ3) is 6.78. The molecule has 0 spiro atoms. The van der Waals surface area contributed by atoms with Crippen molar-refractivity contribution < 1.29 is 22.7 Å². The van der Waals surface area contributed by atoms with Crippen LogP contribution in [0.2, 0.25) is 15.1 Å². The fourth-order valence-corrected chi connectivity index (χ4v) is 5.27. The molecular weight excluding hydrogens is 578 g/mol. The van der Waals surface area contributed by atoms with Gasteiger partial charge in [0.05, 0.1) is 43.4 Å². The molecule has 1 fully saturated rings. The number of benzene rings is 2. The molecule has 13 heteroatoms. The number of hydrogen-bond acceptors (Lipinski definition) is 5. The van der Waals surface area contributed by atoms with Crippen LogP contribution < -0.4 is 15.5 Å². The third-order valence-corrected chi connectivity index (χ3v) is 7.45. The van der Waals surface area contributed by atoms with Gasteiger partial charge in [0.2, 0.25) is 5.95 Å². The van der Waals surface area contributed by atoms with Gasteiger partial charge in [0.15, 0.2) is 0 Å². The SMILES string of the molecule is Cn1c(Nc2c(Cl)ccc(CNC(=O)OC(C)(C)C)c2Cl)nc2cc(Cl)c(N3CCCC(C(F)(F)F)C3)cc21. The lowest BCUT2D eigenvalue weighted by molar-refractivity contribution is -0.175. The summed E-state index contributed by atoms with van der Waals surface area (Å²) in [4.78, 5) is 18.3. The molecule has 3 aromatic rings. The number of aryl methyl sites for hydroxylation is 1. The highest BCUT2D eigenvalue weighted by Crippen LogP contribution is 2.40. The fraction of sp³-hybridized carbons (Fsp3) is 0.462. The second kappa shape index (κ2) is 11.1. The molecule has 1 aliphatic rings. The molecule has 1 atom stereocenters. The molecule has 7 nitrogen and oxygen atoms in total. The first-order valence-corrected chi connectivity index (χ1v) is 13.5. The standard InChI is InChI=1S/C26H29Cl3F3N5O2/c1-25(2,3)39-24(38)33-12-14-7-8-16(27)22(21(14)29)35-23-34-18-10-17(28)19(11-20(18)36(23)4)37-9-5-6-15(13-37)26(30,31)32/h7-8,10-11,15H,5-6,9,12-13H2,1-4H3,(H,33,38)(H,34,35). The molecule has 1 saturated heterocycles. The average Bonchev–Trinajstić information content (AvgIpc) is 3.13. The van der Waals surface area contributed by atoms with Crippen LogP contribution in [-0.4, -0.2) is 40.5 Å². The molecule has 1 aromatic heterocycles. The second-order valence-corrected chi connectivity index (χ2v) is 11.7. The maximum absolute atomic E-state index is 13.4. The Hall–Kier alpha value is -2.56. The number of nitrogens with one attached hydrogen (secondary N) is 2. The van der Waals surface area contributed by atoms with Crippen molar-refractivity contribution in [1.82, 2.24) is 14.9 Å². The van der Waals surface area contributed by atoms with Gasteiger partial charge in [-0.25, -0.2) is 9.78 Å².